The Morgan fingerprint density at radius 3 is 2.81 bits per heavy atom. The number of nitrogen functional groups attached to an aromatic ring is 1. The maximum absolute atomic E-state index is 12.6. The number of amides is 1. The van der Waals surface area contributed by atoms with E-state index < -0.39 is 0 Å². The van der Waals surface area contributed by atoms with E-state index in [9.17, 15) is 4.79 Å². The van der Waals surface area contributed by atoms with E-state index in [0.29, 0.717) is 12.4 Å². The van der Waals surface area contributed by atoms with Crippen molar-refractivity contribution in [3.8, 4) is 5.75 Å². The summed E-state index contributed by atoms with van der Waals surface area (Å²) in [5.74, 6) is 1.40. The van der Waals surface area contributed by atoms with Gasteiger partial charge in [-0.15, -0.1) is 0 Å². The van der Waals surface area contributed by atoms with E-state index in [2.05, 4.69) is 9.88 Å². The van der Waals surface area contributed by atoms with Gasteiger partial charge < -0.3 is 15.4 Å². The standard InChI is InChI=1S/C21H28N4O2/c1-16-6-3-8-19(17(16)2)27-15-20(26)25-11-5-10-24(12-13-25)14-18-7-4-9-23-21(18)22/h3-4,6-9H,5,10-15H2,1-2H3,(H2,22,23). The molecule has 6 heteroatoms. The first-order chi connectivity index (χ1) is 13.0. The molecule has 1 aliphatic heterocycles. The van der Waals surface area contributed by atoms with Crippen LogP contribution < -0.4 is 10.5 Å². The number of nitrogens with two attached hydrogens (primary N) is 1. The summed E-state index contributed by atoms with van der Waals surface area (Å²) in [6, 6.07) is 9.83. The number of carbonyl (C=O) groups is 1. The number of anilines is 1. The van der Waals surface area contributed by atoms with Crippen LogP contribution in [0.2, 0.25) is 0 Å². The Balaban J connectivity index is 1.52. The summed E-state index contributed by atoms with van der Waals surface area (Å²) in [5, 5.41) is 0. The maximum Gasteiger partial charge on any atom is 0.260 e. The third-order valence-corrected chi connectivity index (χ3v) is 5.17. The number of aromatic nitrogens is 1. The van der Waals surface area contributed by atoms with Gasteiger partial charge in [-0.2, -0.15) is 0 Å². The second-order valence-electron chi connectivity index (χ2n) is 7.04. The lowest BCUT2D eigenvalue weighted by Crippen LogP contribution is -2.38. The van der Waals surface area contributed by atoms with Crippen LogP contribution in [0, 0.1) is 13.8 Å². The fourth-order valence-electron chi connectivity index (χ4n) is 3.32. The first kappa shape index (κ1) is 19.2. The molecule has 144 valence electrons. The molecule has 27 heavy (non-hydrogen) atoms. The van der Waals surface area contributed by atoms with Crippen LogP contribution in [0.4, 0.5) is 5.82 Å². The zero-order valence-corrected chi connectivity index (χ0v) is 16.1. The van der Waals surface area contributed by atoms with Gasteiger partial charge in [-0.3, -0.25) is 9.69 Å². The molecule has 0 spiro atoms. The Labute approximate surface area is 160 Å². The van der Waals surface area contributed by atoms with Gasteiger partial charge in [-0.1, -0.05) is 18.2 Å². The van der Waals surface area contributed by atoms with E-state index >= 15 is 0 Å². The van der Waals surface area contributed by atoms with Gasteiger partial charge in [-0.05, 0) is 43.5 Å². The summed E-state index contributed by atoms with van der Waals surface area (Å²) in [5.41, 5.74) is 9.24. The molecule has 1 aromatic heterocycles. The van der Waals surface area contributed by atoms with Gasteiger partial charge in [-0.25, -0.2) is 4.98 Å². The molecule has 2 N–H and O–H groups in total. The van der Waals surface area contributed by atoms with Crippen molar-refractivity contribution in [3.63, 3.8) is 0 Å². The molecular weight excluding hydrogens is 340 g/mol. The first-order valence-corrected chi connectivity index (χ1v) is 9.43. The fraction of sp³-hybridized carbons (Fsp3) is 0.429. The molecule has 0 radical (unpaired) electrons. The second-order valence-corrected chi connectivity index (χ2v) is 7.04. The largest absolute Gasteiger partial charge is 0.483 e. The van der Waals surface area contributed by atoms with E-state index in [4.69, 9.17) is 10.5 Å². The van der Waals surface area contributed by atoms with Crippen molar-refractivity contribution in [3.05, 3.63) is 53.2 Å². The summed E-state index contributed by atoms with van der Waals surface area (Å²) >= 11 is 0. The molecule has 1 aliphatic rings. The van der Waals surface area contributed by atoms with Crippen LogP contribution >= 0.6 is 0 Å². The molecule has 0 aliphatic carbocycles. The van der Waals surface area contributed by atoms with Gasteiger partial charge >= 0.3 is 0 Å². The molecule has 0 saturated carbocycles. The number of hydrogen-bond acceptors (Lipinski definition) is 5. The molecular formula is C21H28N4O2. The second kappa shape index (κ2) is 8.86. The predicted molar refractivity (Wildman–Crippen MR) is 107 cm³/mol. The van der Waals surface area contributed by atoms with Crippen molar-refractivity contribution < 1.29 is 9.53 Å². The van der Waals surface area contributed by atoms with E-state index in [1.165, 1.54) is 5.56 Å². The van der Waals surface area contributed by atoms with Crippen LogP contribution in [0.1, 0.15) is 23.1 Å². The highest BCUT2D eigenvalue weighted by Crippen LogP contribution is 2.20. The lowest BCUT2D eigenvalue weighted by atomic mass is 10.1. The highest BCUT2D eigenvalue weighted by atomic mass is 16.5. The van der Waals surface area contributed by atoms with Gasteiger partial charge in [0, 0.05) is 44.5 Å². The summed E-state index contributed by atoms with van der Waals surface area (Å²) in [4.78, 5) is 21.0. The van der Waals surface area contributed by atoms with Crippen LogP contribution in [-0.4, -0.2) is 53.5 Å². The lowest BCUT2D eigenvalue weighted by molar-refractivity contribution is -0.133. The smallest absolute Gasteiger partial charge is 0.260 e. The monoisotopic (exact) mass is 368 g/mol. The molecule has 6 nitrogen and oxygen atoms in total. The molecule has 0 unspecified atom stereocenters. The van der Waals surface area contributed by atoms with Crippen LogP contribution in [-0.2, 0) is 11.3 Å². The summed E-state index contributed by atoms with van der Waals surface area (Å²) in [6.45, 7) is 8.13. The Bertz CT molecular complexity index is 794. The molecule has 0 atom stereocenters. The molecule has 2 aromatic rings. The molecule has 1 amide bonds. The molecule has 1 aromatic carbocycles. The summed E-state index contributed by atoms with van der Waals surface area (Å²) in [7, 11) is 0. The topological polar surface area (TPSA) is 71.7 Å². The molecule has 2 heterocycles. The average Bonchev–Trinajstić information content (AvgIpc) is 2.90. The van der Waals surface area contributed by atoms with Crippen molar-refractivity contribution in [2.45, 2.75) is 26.8 Å². The van der Waals surface area contributed by atoms with Crippen molar-refractivity contribution in [2.75, 3.05) is 38.5 Å². The molecule has 0 bridgehead atoms. The van der Waals surface area contributed by atoms with Crippen LogP contribution in [0.25, 0.3) is 0 Å². The van der Waals surface area contributed by atoms with Crippen molar-refractivity contribution in [2.24, 2.45) is 0 Å². The molecule has 1 fully saturated rings. The zero-order valence-electron chi connectivity index (χ0n) is 16.1. The van der Waals surface area contributed by atoms with E-state index in [1.54, 1.807) is 6.20 Å². The number of nitrogens with zero attached hydrogens (tertiary/aromatic N) is 3. The van der Waals surface area contributed by atoms with Gasteiger partial charge in [0.2, 0.25) is 0 Å². The SMILES string of the molecule is Cc1cccc(OCC(=O)N2CCCN(Cc3cccnc3N)CC2)c1C. The van der Waals surface area contributed by atoms with Crippen molar-refractivity contribution in [1.29, 1.82) is 0 Å². The maximum atomic E-state index is 12.6. The number of aryl methyl sites for hydroxylation is 1. The lowest BCUT2D eigenvalue weighted by Gasteiger charge is -2.22. The van der Waals surface area contributed by atoms with Crippen LogP contribution in [0.15, 0.2) is 36.5 Å². The number of ether oxygens (including phenoxy) is 1. The minimum Gasteiger partial charge on any atom is -0.483 e. The van der Waals surface area contributed by atoms with E-state index in [0.717, 1.165) is 49.5 Å². The predicted octanol–water partition coefficient (Wildman–Crippen LogP) is 2.39. The normalized spacial score (nSPS) is 15.4. The Morgan fingerprint density at radius 1 is 1.15 bits per heavy atom. The minimum absolute atomic E-state index is 0.0404. The highest BCUT2D eigenvalue weighted by molar-refractivity contribution is 5.77. The van der Waals surface area contributed by atoms with Crippen molar-refractivity contribution >= 4 is 11.7 Å². The number of pyridine rings is 1. The Hall–Kier alpha value is -2.60. The number of carbonyl (C=O) groups excluding carboxylic acids is 1. The third kappa shape index (κ3) is 4.98. The summed E-state index contributed by atoms with van der Waals surface area (Å²) < 4.78 is 5.78. The minimum atomic E-state index is 0.0404. The first-order valence-electron chi connectivity index (χ1n) is 9.43. The highest BCUT2D eigenvalue weighted by Gasteiger charge is 2.20. The Kier molecular flexibility index (Phi) is 6.29. The molecule has 1 saturated heterocycles. The zero-order chi connectivity index (χ0) is 19.2. The van der Waals surface area contributed by atoms with Crippen molar-refractivity contribution in [1.82, 2.24) is 14.8 Å². The molecule has 3 rings (SSSR count). The van der Waals surface area contributed by atoms with Gasteiger partial charge in [0.25, 0.3) is 5.91 Å². The van der Waals surface area contributed by atoms with Crippen LogP contribution in [0.3, 0.4) is 0 Å². The van der Waals surface area contributed by atoms with E-state index in [1.807, 2.05) is 49.1 Å². The van der Waals surface area contributed by atoms with Crippen LogP contribution in [0.5, 0.6) is 5.75 Å². The number of hydrogen-bond donors (Lipinski definition) is 1. The Morgan fingerprint density at radius 2 is 2.00 bits per heavy atom. The average molecular weight is 368 g/mol. The van der Waals surface area contributed by atoms with E-state index in [-0.39, 0.29) is 12.5 Å². The third-order valence-electron chi connectivity index (χ3n) is 5.17. The number of benzene rings is 1. The number of rotatable bonds is 5. The fourth-order valence-corrected chi connectivity index (χ4v) is 3.32. The van der Waals surface area contributed by atoms with Gasteiger partial charge in [0.15, 0.2) is 6.61 Å². The van der Waals surface area contributed by atoms with Gasteiger partial charge in [0.1, 0.15) is 11.6 Å². The van der Waals surface area contributed by atoms with Gasteiger partial charge in [0.05, 0.1) is 0 Å². The quantitative estimate of drug-likeness (QED) is 0.877. The summed E-state index contributed by atoms with van der Waals surface area (Å²) in [6.07, 6.45) is 2.65.